The van der Waals surface area contributed by atoms with Crippen LogP contribution in [-0.2, 0) is 6.54 Å². The molecule has 0 radical (unpaired) electrons. The Morgan fingerprint density at radius 2 is 1.76 bits per heavy atom. The minimum atomic E-state index is -0.883. The zero-order valence-electron chi connectivity index (χ0n) is 20.3. The third-order valence-electron chi connectivity index (χ3n) is 6.78. The van der Waals surface area contributed by atoms with Crippen molar-refractivity contribution in [2.75, 3.05) is 13.1 Å². The van der Waals surface area contributed by atoms with Gasteiger partial charge in [0.25, 0.3) is 5.56 Å². The van der Waals surface area contributed by atoms with Crippen LogP contribution in [0.15, 0.2) is 47.5 Å². The van der Waals surface area contributed by atoms with Crippen LogP contribution < -0.4 is 5.56 Å². The van der Waals surface area contributed by atoms with Crippen molar-refractivity contribution in [3.8, 4) is 11.1 Å². The second-order valence-electron chi connectivity index (χ2n) is 9.13. The molecule has 8 nitrogen and oxygen atoms in total. The molecule has 2 aromatic heterocycles. The highest BCUT2D eigenvalue weighted by atomic mass is 16.4. The molecule has 3 atom stereocenters. The Kier molecular flexibility index (Phi) is 6.97. The van der Waals surface area contributed by atoms with Crippen LogP contribution in [0.2, 0.25) is 0 Å². The average Bonchev–Trinajstić information content (AvgIpc) is 2.82. The molecule has 1 aliphatic rings. The van der Waals surface area contributed by atoms with E-state index in [1.165, 1.54) is 4.90 Å². The fourth-order valence-corrected chi connectivity index (χ4v) is 5.27. The topological polar surface area (TPSA) is 91.6 Å². The first-order valence-electron chi connectivity index (χ1n) is 12.1. The molecule has 1 saturated heterocycles. The quantitative estimate of drug-likeness (QED) is 0.583. The van der Waals surface area contributed by atoms with E-state index in [0.717, 1.165) is 29.8 Å². The van der Waals surface area contributed by atoms with E-state index in [1.54, 1.807) is 17.0 Å². The molecule has 4 rings (SSSR count). The second-order valence-corrected chi connectivity index (χ2v) is 9.13. The number of piperazine rings is 1. The molecule has 0 aliphatic carbocycles. The molecule has 3 aromatic rings. The number of amides is 1. The number of fused-ring (bicyclic) bond motifs is 1. The molecule has 1 aliphatic heterocycles. The predicted octanol–water partition coefficient (Wildman–Crippen LogP) is 4.39. The van der Waals surface area contributed by atoms with Gasteiger partial charge in [0.15, 0.2) is 0 Å². The van der Waals surface area contributed by atoms with Gasteiger partial charge in [-0.1, -0.05) is 19.4 Å². The summed E-state index contributed by atoms with van der Waals surface area (Å²) in [6.45, 7) is 9.74. The highest BCUT2D eigenvalue weighted by Crippen LogP contribution is 2.30. The zero-order chi connectivity index (χ0) is 24.4. The van der Waals surface area contributed by atoms with Gasteiger partial charge in [0.2, 0.25) is 0 Å². The maximum Gasteiger partial charge on any atom is 0.407 e. The first kappa shape index (κ1) is 23.9. The van der Waals surface area contributed by atoms with Crippen molar-refractivity contribution in [2.45, 2.75) is 65.2 Å². The molecule has 1 fully saturated rings. The van der Waals surface area contributed by atoms with E-state index in [9.17, 15) is 14.7 Å². The summed E-state index contributed by atoms with van der Waals surface area (Å²) in [4.78, 5) is 38.3. The largest absolute Gasteiger partial charge is 0.465 e. The minimum absolute atomic E-state index is 0.0372. The Labute approximate surface area is 199 Å². The lowest BCUT2D eigenvalue weighted by Gasteiger charge is -2.45. The van der Waals surface area contributed by atoms with E-state index < -0.39 is 6.09 Å². The molecule has 0 saturated carbocycles. The standard InChI is InChI=1S/C26H33N5O3/c1-5-7-23(29-15-17(3)31(26(33)34)18(4)16-29)24-28-22-9-8-20(19-10-12-27-13-11-19)14-21(22)25(32)30(24)6-2/h8-14,17-18,23H,5-7,15-16H2,1-4H3,(H,33,34). The molecular weight excluding hydrogens is 430 g/mol. The molecule has 180 valence electrons. The first-order chi connectivity index (χ1) is 16.3. The van der Waals surface area contributed by atoms with Gasteiger partial charge in [-0.25, -0.2) is 9.78 Å². The number of pyridine rings is 1. The number of carboxylic acid groups (broad SMARTS) is 1. The maximum absolute atomic E-state index is 13.6. The monoisotopic (exact) mass is 463 g/mol. The van der Waals surface area contributed by atoms with Crippen molar-refractivity contribution < 1.29 is 9.90 Å². The van der Waals surface area contributed by atoms with Crippen LogP contribution in [-0.4, -0.2) is 60.7 Å². The third-order valence-corrected chi connectivity index (χ3v) is 6.78. The van der Waals surface area contributed by atoms with Crippen molar-refractivity contribution >= 4 is 17.0 Å². The number of nitrogens with zero attached hydrogens (tertiary/aromatic N) is 5. The number of rotatable bonds is 6. The molecule has 1 N–H and O–H groups in total. The van der Waals surface area contributed by atoms with Gasteiger partial charge in [-0.3, -0.25) is 19.2 Å². The second kappa shape index (κ2) is 9.93. The van der Waals surface area contributed by atoms with Crippen molar-refractivity contribution in [3.63, 3.8) is 0 Å². The predicted molar refractivity (Wildman–Crippen MR) is 133 cm³/mol. The summed E-state index contributed by atoms with van der Waals surface area (Å²) in [6, 6.07) is 9.37. The normalized spacial score (nSPS) is 19.9. The lowest BCUT2D eigenvalue weighted by atomic mass is 10.0. The lowest BCUT2D eigenvalue weighted by molar-refractivity contribution is 0.0171. The van der Waals surface area contributed by atoms with E-state index in [4.69, 9.17) is 4.98 Å². The van der Waals surface area contributed by atoms with E-state index in [1.807, 2.05) is 51.1 Å². The molecule has 8 heteroatoms. The van der Waals surface area contributed by atoms with Gasteiger partial charge in [-0.2, -0.15) is 0 Å². The van der Waals surface area contributed by atoms with Crippen LogP contribution in [0.1, 0.15) is 52.4 Å². The molecule has 3 heterocycles. The van der Waals surface area contributed by atoms with Gasteiger partial charge in [-0.15, -0.1) is 0 Å². The Morgan fingerprint density at radius 3 is 2.35 bits per heavy atom. The lowest BCUT2D eigenvalue weighted by Crippen LogP contribution is -2.59. The smallest absolute Gasteiger partial charge is 0.407 e. The molecule has 0 spiro atoms. The Balaban J connectivity index is 1.78. The summed E-state index contributed by atoms with van der Waals surface area (Å²) >= 11 is 0. The van der Waals surface area contributed by atoms with Crippen LogP contribution in [0.3, 0.4) is 0 Å². The SMILES string of the molecule is CCCC(c1nc2ccc(-c3ccncc3)cc2c(=O)n1CC)N1CC(C)N(C(=O)O)C(C)C1. The van der Waals surface area contributed by atoms with E-state index >= 15 is 0 Å². The number of hydrogen-bond acceptors (Lipinski definition) is 5. The maximum atomic E-state index is 13.6. The van der Waals surface area contributed by atoms with Gasteiger partial charge < -0.3 is 10.0 Å². The number of benzene rings is 1. The van der Waals surface area contributed by atoms with Gasteiger partial charge in [0.05, 0.1) is 16.9 Å². The number of hydrogen-bond donors (Lipinski definition) is 1. The average molecular weight is 464 g/mol. The molecule has 1 aromatic carbocycles. The fourth-order valence-electron chi connectivity index (χ4n) is 5.27. The van der Waals surface area contributed by atoms with Crippen LogP contribution in [0.5, 0.6) is 0 Å². The molecule has 3 unspecified atom stereocenters. The highest BCUT2D eigenvalue weighted by Gasteiger charge is 2.37. The number of aromatic nitrogens is 3. The summed E-state index contributed by atoms with van der Waals surface area (Å²) in [5.74, 6) is 0.765. The van der Waals surface area contributed by atoms with E-state index in [0.29, 0.717) is 30.5 Å². The fraction of sp³-hybridized carbons (Fsp3) is 0.462. The first-order valence-corrected chi connectivity index (χ1v) is 12.1. The molecular formula is C26H33N5O3. The van der Waals surface area contributed by atoms with Gasteiger partial charge >= 0.3 is 6.09 Å². The molecule has 0 bridgehead atoms. The summed E-state index contributed by atoms with van der Waals surface area (Å²) in [7, 11) is 0. The third kappa shape index (κ3) is 4.42. The van der Waals surface area contributed by atoms with Gasteiger partial charge in [-0.05, 0) is 62.6 Å². The Morgan fingerprint density at radius 1 is 1.09 bits per heavy atom. The van der Waals surface area contributed by atoms with Crippen LogP contribution >= 0.6 is 0 Å². The van der Waals surface area contributed by atoms with Crippen LogP contribution in [0, 0.1) is 0 Å². The summed E-state index contributed by atoms with van der Waals surface area (Å²) in [5.41, 5.74) is 2.62. The van der Waals surface area contributed by atoms with Crippen LogP contribution in [0.4, 0.5) is 4.79 Å². The van der Waals surface area contributed by atoms with E-state index in [2.05, 4.69) is 16.8 Å². The Hall–Kier alpha value is -3.26. The van der Waals surface area contributed by atoms with Crippen molar-refractivity contribution in [3.05, 3.63) is 58.9 Å². The molecule has 34 heavy (non-hydrogen) atoms. The number of carbonyl (C=O) groups is 1. The van der Waals surface area contributed by atoms with Gasteiger partial charge in [0.1, 0.15) is 5.82 Å². The minimum Gasteiger partial charge on any atom is -0.465 e. The van der Waals surface area contributed by atoms with Crippen molar-refractivity contribution in [1.82, 2.24) is 24.3 Å². The summed E-state index contributed by atoms with van der Waals surface area (Å²) in [6.07, 6.45) is 4.38. The summed E-state index contributed by atoms with van der Waals surface area (Å²) in [5, 5.41) is 10.2. The van der Waals surface area contributed by atoms with E-state index in [-0.39, 0.29) is 23.7 Å². The highest BCUT2D eigenvalue weighted by molar-refractivity contribution is 5.83. The zero-order valence-corrected chi connectivity index (χ0v) is 20.3. The van der Waals surface area contributed by atoms with Crippen LogP contribution in [0.25, 0.3) is 22.0 Å². The molecule has 1 amide bonds. The van der Waals surface area contributed by atoms with Crippen molar-refractivity contribution in [2.24, 2.45) is 0 Å². The van der Waals surface area contributed by atoms with Gasteiger partial charge in [0, 0.05) is 44.1 Å². The summed E-state index contributed by atoms with van der Waals surface area (Å²) < 4.78 is 1.79. The van der Waals surface area contributed by atoms with Crippen molar-refractivity contribution in [1.29, 1.82) is 0 Å². The Bertz CT molecular complexity index is 1210.